The normalized spacial score (nSPS) is 28.1. The van der Waals surface area contributed by atoms with E-state index in [2.05, 4.69) is 52.2 Å². The summed E-state index contributed by atoms with van der Waals surface area (Å²) in [6, 6.07) is 4.74. The molecule has 2 rings (SSSR count). The van der Waals surface area contributed by atoms with Crippen LogP contribution < -0.4 is 5.32 Å². The van der Waals surface area contributed by atoms with Crippen LogP contribution in [0, 0.1) is 5.92 Å². The molecule has 16 heavy (non-hydrogen) atoms. The maximum atomic E-state index is 4.61. The molecule has 1 aliphatic heterocycles. The molecule has 0 amide bonds. The summed E-state index contributed by atoms with van der Waals surface area (Å²) >= 11 is 7.05. The van der Waals surface area contributed by atoms with Gasteiger partial charge in [-0.3, -0.25) is 4.99 Å². The highest BCUT2D eigenvalue weighted by Crippen LogP contribution is 2.24. The molecule has 1 saturated heterocycles. The molecule has 0 aromatic carbocycles. The summed E-state index contributed by atoms with van der Waals surface area (Å²) in [6.45, 7) is 5.28. The summed E-state index contributed by atoms with van der Waals surface area (Å²) in [5, 5.41) is 4.54. The number of hydrogen-bond acceptors (Lipinski definition) is 3. The van der Waals surface area contributed by atoms with E-state index < -0.39 is 0 Å². The lowest BCUT2D eigenvalue weighted by molar-refractivity contribution is 0.490. The van der Waals surface area contributed by atoms with Crippen molar-refractivity contribution in [3.05, 3.63) is 20.8 Å². The zero-order valence-corrected chi connectivity index (χ0v) is 12.6. The van der Waals surface area contributed by atoms with Crippen LogP contribution in [0.15, 0.2) is 20.9 Å². The van der Waals surface area contributed by atoms with Gasteiger partial charge in [0.25, 0.3) is 0 Å². The van der Waals surface area contributed by atoms with E-state index in [1.54, 1.807) is 11.3 Å². The van der Waals surface area contributed by atoms with E-state index in [4.69, 9.17) is 0 Å². The molecular weight excluding hydrogens is 304 g/mol. The van der Waals surface area contributed by atoms with Crippen molar-refractivity contribution in [3.63, 3.8) is 0 Å². The second-order valence-corrected chi connectivity index (χ2v) is 7.60. The molecule has 0 bridgehead atoms. The Labute approximate surface area is 113 Å². The first-order valence-electron chi connectivity index (χ1n) is 5.33. The third kappa shape index (κ3) is 3.25. The number of nitrogens with zero attached hydrogens (tertiary/aromatic N) is 1. The molecule has 2 unspecified atom stereocenters. The fraction of sp³-hybridized carbons (Fsp3) is 0.545. The zero-order valence-electron chi connectivity index (χ0n) is 9.37. The molecule has 2 nitrogen and oxygen atoms in total. The highest BCUT2D eigenvalue weighted by atomic mass is 79.9. The summed E-state index contributed by atoms with van der Waals surface area (Å²) in [7, 11) is 0. The predicted octanol–water partition coefficient (Wildman–Crippen LogP) is 3.73. The smallest absolute Gasteiger partial charge is 0.157 e. The average Bonchev–Trinajstić information content (AvgIpc) is 2.66. The Hall–Kier alpha value is -0.0000000000000000278. The highest BCUT2D eigenvalue weighted by molar-refractivity contribution is 9.11. The molecule has 1 aromatic rings. The number of halogens is 1. The van der Waals surface area contributed by atoms with Gasteiger partial charge in [0.1, 0.15) is 0 Å². The zero-order chi connectivity index (χ0) is 11.5. The number of hydrogen-bond donors (Lipinski definition) is 1. The lowest BCUT2D eigenvalue weighted by Crippen LogP contribution is -2.41. The number of thioether (sulfide) groups is 1. The molecule has 1 aliphatic rings. The van der Waals surface area contributed by atoms with Crippen molar-refractivity contribution in [2.45, 2.75) is 26.4 Å². The van der Waals surface area contributed by atoms with Crippen molar-refractivity contribution >= 4 is 44.2 Å². The van der Waals surface area contributed by atoms with Gasteiger partial charge in [-0.05, 0) is 40.9 Å². The molecule has 0 spiro atoms. The Balaban J connectivity index is 1.93. The van der Waals surface area contributed by atoms with E-state index in [1.807, 2.05) is 11.8 Å². The third-order valence-corrected chi connectivity index (χ3v) is 5.52. The van der Waals surface area contributed by atoms with Gasteiger partial charge in [0, 0.05) is 16.7 Å². The molecular formula is C11H15BrN2S2. The predicted molar refractivity (Wildman–Crippen MR) is 77.4 cm³/mol. The van der Waals surface area contributed by atoms with Gasteiger partial charge in [0.05, 0.1) is 10.3 Å². The lowest BCUT2D eigenvalue weighted by atomic mass is 10.1. The largest absolute Gasteiger partial charge is 0.362 e. The van der Waals surface area contributed by atoms with Crippen molar-refractivity contribution in [2.75, 3.05) is 5.75 Å². The van der Waals surface area contributed by atoms with E-state index in [-0.39, 0.29) is 0 Å². The maximum absolute atomic E-state index is 4.61. The van der Waals surface area contributed by atoms with Gasteiger partial charge >= 0.3 is 0 Å². The molecule has 2 atom stereocenters. The van der Waals surface area contributed by atoms with Gasteiger partial charge in [0.15, 0.2) is 5.17 Å². The van der Waals surface area contributed by atoms with Crippen molar-refractivity contribution in [2.24, 2.45) is 10.9 Å². The second-order valence-electron chi connectivity index (χ2n) is 4.05. The van der Waals surface area contributed by atoms with E-state index in [9.17, 15) is 0 Å². The van der Waals surface area contributed by atoms with Crippen LogP contribution in [0.5, 0.6) is 0 Å². The first-order valence-corrected chi connectivity index (χ1v) is 7.92. The van der Waals surface area contributed by atoms with E-state index in [1.165, 1.54) is 14.4 Å². The van der Waals surface area contributed by atoms with Crippen LogP contribution in [-0.4, -0.2) is 17.0 Å². The summed E-state index contributed by atoms with van der Waals surface area (Å²) in [5.74, 6) is 1.89. The Morgan fingerprint density at radius 3 is 2.94 bits per heavy atom. The summed E-state index contributed by atoms with van der Waals surface area (Å²) < 4.78 is 1.17. The lowest BCUT2D eigenvalue weighted by Gasteiger charge is -2.28. The fourth-order valence-electron chi connectivity index (χ4n) is 1.41. The van der Waals surface area contributed by atoms with E-state index >= 15 is 0 Å². The molecule has 0 radical (unpaired) electrons. The number of rotatable bonds is 2. The van der Waals surface area contributed by atoms with Crippen molar-refractivity contribution < 1.29 is 0 Å². The SMILES string of the molecule is CC1CSC(=NCc2ccc(Br)s2)NC1C. The number of nitrogens with one attached hydrogen (secondary N) is 1. The number of amidine groups is 1. The maximum Gasteiger partial charge on any atom is 0.157 e. The molecule has 0 saturated carbocycles. The minimum Gasteiger partial charge on any atom is -0.362 e. The summed E-state index contributed by atoms with van der Waals surface area (Å²) in [5.41, 5.74) is 0. The Bertz CT molecular complexity index is 389. The molecule has 2 heterocycles. The van der Waals surface area contributed by atoms with Crippen LogP contribution in [0.1, 0.15) is 18.7 Å². The van der Waals surface area contributed by atoms with Gasteiger partial charge in [-0.25, -0.2) is 0 Å². The second kappa shape index (κ2) is 5.56. The Morgan fingerprint density at radius 2 is 2.31 bits per heavy atom. The molecule has 1 aromatic heterocycles. The van der Waals surface area contributed by atoms with Crippen LogP contribution in [-0.2, 0) is 6.54 Å². The number of aliphatic imine (C=N–C) groups is 1. The van der Waals surface area contributed by atoms with Crippen molar-refractivity contribution in [1.82, 2.24) is 5.32 Å². The summed E-state index contributed by atoms with van der Waals surface area (Å²) in [6.07, 6.45) is 0. The van der Waals surface area contributed by atoms with Crippen LogP contribution >= 0.6 is 39.0 Å². The fourth-order valence-corrected chi connectivity index (χ4v) is 3.95. The minimum atomic E-state index is 0.537. The quantitative estimate of drug-likeness (QED) is 0.898. The van der Waals surface area contributed by atoms with E-state index in [0.717, 1.165) is 17.6 Å². The highest BCUT2D eigenvalue weighted by Gasteiger charge is 2.20. The molecule has 1 N–H and O–H groups in total. The minimum absolute atomic E-state index is 0.537. The molecule has 0 aliphatic carbocycles. The standard InChI is InChI=1S/C11H15BrN2S2/c1-7-6-15-11(14-8(7)2)13-5-9-3-4-10(12)16-9/h3-4,7-8H,5-6H2,1-2H3,(H,13,14). The van der Waals surface area contributed by atoms with Gasteiger partial charge in [-0.1, -0.05) is 18.7 Å². The molecule has 5 heteroatoms. The van der Waals surface area contributed by atoms with Gasteiger partial charge in [0.2, 0.25) is 0 Å². The number of thiophene rings is 1. The molecule has 1 fully saturated rings. The van der Waals surface area contributed by atoms with Crippen molar-refractivity contribution in [1.29, 1.82) is 0 Å². The van der Waals surface area contributed by atoms with E-state index in [0.29, 0.717) is 6.04 Å². The van der Waals surface area contributed by atoms with Crippen LogP contribution in [0.3, 0.4) is 0 Å². The Morgan fingerprint density at radius 1 is 1.50 bits per heavy atom. The van der Waals surface area contributed by atoms with Crippen LogP contribution in [0.2, 0.25) is 0 Å². The topological polar surface area (TPSA) is 24.4 Å². The first-order chi connectivity index (χ1) is 7.65. The molecule has 88 valence electrons. The third-order valence-electron chi connectivity index (χ3n) is 2.70. The first kappa shape index (κ1) is 12.5. The van der Waals surface area contributed by atoms with Gasteiger partial charge < -0.3 is 5.32 Å². The average molecular weight is 319 g/mol. The van der Waals surface area contributed by atoms with Crippen molar-refractivity contribution in [3.8, 4) is 0 Å². The monoisotopic (exact) mass is 318 g/mol. The summed E-state index contributed by atoms with van der Waals surface area (Å²) in [4.78, 5) is 5.91. The Kier molecular flexibility index (Phi) is 4.33. The van der Waals surface area contributed by atoms with Crippen LogP contribution in [0.4, 0.5) is 0 Å². The van der Waals surface area contributed by atoms with Crippen LogP contribution in [0.25, 0.3) is 0 Å². The van der Waals surface area contributed by atoms with Gasteiger partial charge in [-0.15, -0.1) is 11.3 Å². The van der Waals surface area contributed by atoms with Gasteiger partial charge in [-0.2, -0.15) is 0 Å².